The van der Waals surface area contributed by atoms with Gasteiger partial charge in [0.05, 0.1) is 16.5 Å². The van der Waals surface area contributed by atoms with Crippen molar-refractivity contribution in [2.75, 3.05) is 18.0 Å². The van der Waals surface area contributed by atoms with Gasteiger partial charge >= 0.3 is 5.69 Å². The number of nitrogens with zero attached hydrogens (tertiary/aromatic N) is 3. The molecular formula is C17H24N4O6. The highest BCUT2D eigenvalue weighted by atomic mass is 16.6. The number of piperidine rings is 1. The van der Waals surface area contributed by atoms with E-state index in [2.05, 4.69) is 5.32 Å². The molecule has 1 aromatic carbocycles. The predicted molar refractivity (Wildman–Crippen MR) is 98.6 cm³/mol. The molecule has 0 saturated carbocycles. The van der Waals surface area contributed by atoms with Crippen LogP contribution < -0.4 is 10.2 Å². The number of hydrogen-bond donors (Lipinski definition) is 2. The first-order valence-corrected chi connectivity index (χ1v) is 8.78. The van der Waals surface area contributed by atoms with Gasteiger partial charge in [-0.1, -0.05) is 13.8 Å². The van der Waals surface area contributed by atoms with E-state index in [9.17, 15) is 30.1 Å². The quantitative estimate of drug-likeness (QED) is 0.568. The van der Waals surface area contributed by atoms with Crippen LogP contribution in [0.4, 0.5) is 17.1 Å². The molecule has 148 valence electrons. The highest BCUT2D eigenvalue weighted by Crippen LogP contribution is 2.42. The average Bonchev–Trinajstić information content (AvgIpc) is 2.60. The molecule has 0 bridgehead atoms. The van der Waals surface area contributed by atoms with Crippen molar-refractivity contribution < 1.29 is 19.7 Å². The number of nitro groups is 2. The van der Waals surface area contributed by atoms with E-state index in [0.29, 0.717) is 19.4 Å². The molecule has 0 aromatic heterocycles. The first kappa shape index (κ1) is 20.6. The van der Waals surface area contributed by atoms with E-state index in [0.717, 1.165) is 0 Å². The number of anilines is 1. The van der Waals surface area contributed by atoms with E-state index in [1.54, 1.807) is 18.7 Å². The van der Waals surface area contributed by atoms with Gasteiger partial charge in [0.15, 0.2) is 5.69 Å². The minimum Gasteiger partial charge on any atom is -0.392 e. The highest BCUT2D eigenvalue weighted by molar-refractivity contribution is 5.80. The number of nitrogens with one attached hydrogen (secondary N) is 1. The smallest absolute Gasteiger partial charge is 0.302 e. The zero-order valence-electron chi connectivity index (χ0n) is 15.6. The molecule has 10 nitrogen and oxygen atoms in total. The summed E-state index contributed by atoms with van der Waals surface area (Å²) in [7, 11) is 0. The van der Waals surface area contributed by atoms with Crippen LogP contribution in [-0.2, 0) is 11.4 Å². The number of rotatable bonds is 6. The summed E-state index contributed by atoms with van der Waals surface area (Å²) >= 11 is 0. The van der Waals surface area contributed by atoms with Crippen LogP contribution in [0.3, 0.4) is 0 Å². The Kier molecular flexibility index (Phi) is 6.32. The minimum atomic E-state index is -0.669. The minimum absolute atomic E-state index is 0.0665. The highest BCUT2D eigenvalue weighted by Gasteiger charge is 2.36. The summed E-state index contributed by atoms with van der Waals surface area (Å²) in [5, 5.41) is 35.6. The van der Waals surface area contributed by atoms with Crippen LogP contribution in [0, 0.1) is 33.1 Å². The lowest BCUT2D eigenvalue weighted by atomic mass is 9.99. The summed E-state index contributed by atoms with van der Waals surface area (Å²) in [6.45, 7) is 5.14. The van der Waals surface area contributed by atoms with Crippen LogP contribution >= 0.6 is 0 Å². The Morgan fingerprint density at radius 2 is 2.04 bits per heavy atom. The molecule has 1 aliphatic heterocycles. The van der Waals surface area contributed by atoms with E-state index >= 15 is 0 Å². The Morgan fingerprint density at radius 1 is 1.37 bits per heavy atom. The monoisotopic (exact) mass is 380 g/mol. The normalized spacial score (nSPS) is 17.1. The van der Waals surface area contributed by atoms with E-state index in [-0.39, 0.29) is 46.9 Å². The molecule has 2 rings (SSSR count). The molecule has 1 saturated heterocycles. The van der Waals surface area contributed by atoms with Gasteiger partial charge in [-0.25, -0.2) is 0 Å². The van der Waals surface area contributed by atoms with Crippen LogP contribution in [-0.4, -0.2) is 40.0 Å². The van der Waals surface area contributed by atoms with Crippen molar-refractivity contribution in [2.45, 2.75) is 46.3 Å². The maximum absolute atomic E-state index is 12.0. The third-order valence-corrected chi connectivity index (χ3v) is 4.77. The molecule has 0 aliphatic carbocycles. The van der Waals surface area contributed by atoms with Gasteiger partial charge in [-0.2, -0.15) is 0 Å². The molecule has 1 aliphatic rings. The van der Waals surface area contributed by atoms with Gasteiger partial charge < -0.3 is 15.3 Å². The summed E-state index contributed by atoms with van der Waals surface area (Å²) in [4.78, 5) is 35.5. The van der Waals surface area contributed by atoms with Gasteiger partial charge in [-0.3, -0.25) is 25.0 Å². The Balaban J connectivity index is 2.49. The number of amides is 1. The molecule has 1 atom stereocenters. The van der Waals surface area contributed by atoms with Gasteiger partial charge in [0, 0.05) is 36.7 Å². The molecule has 10 heteroatoms. The van der Waals surface area contributed by atoms with E-state index in [1.807, 2.05) is 0 Å². The zero-order valence-corrected chi connectivity index (χ0v) is 15.6. The molecule has 0 radical (unpaired) electrons. The molecule has 2 N–H and O–H groups in total. The molecule has 27 heavy (non-hydrogen) atoms. The lowest BCUT2D eigenvalue weighted by molar-refractivity contribution is -0.393. The van der Waals surface area contributed by atoms with E-state index < -0.39 is 22.1 Å². The van der Waals surface area contributed by atoms with Crippen molar-refractivity contribution in [2.24, 2.45) is 5.92 Å². The number of hydrogen-bond acceptors (Lipinski definition) is 7. The third-order valence-electron chi connectivity index (χ3n) is 4.77. The van der Waals surface area contributed by atoms with E-state index in [4.69, 9.17) is 0 Å². The summed E-state index contributed by atoms with van der Waals surface area (Å²) in [5.41, 5.74) is -0.491. The van der Waals surface area contributed by atoms with Crippen molar-refractivity contribution in [1.29, 1.82) is 0 Å². The van der Waals surface area contributed by atoms with Crippen molar-refractivity contribution in [3.63, 3.8) is 0 Å². The fourth-order valence-electron chi connectivity index (χ4n) is 3.30. The first-order valence-electron chi connectivity index (χ1n) is 8.78. The van der Waals surface area contributed by atoms with Crippen molar-refractivity contribution in [3.8, 4) is 0 Å². The summed E-state index contributed by atoms with van der Waals surface area (Å²) < 4.78 is 0. The number of aliphatic hydroxyl groups excluding tert-OH is 1. The number of aliphatic hydroxyl groups is 1. The topological polar surface area (TPSA) is 139 Å². The van der Waals surface area contributed by atoms with Crippen LogP contribution in [0.15, 0.2) is 6.07 Å². The largest absolute Gasteiger partial charge is 0.392 e. The maximum atomic E-state index is 12.0. The van der Waals surface area contributed by atoms with E-state index in [1.165, 1.54) is 13.0 Å². The van der Waals surface area contributed by atoms with Crippen LogP contribution in [0.25, 0.3) is 0 Å². The second-order valence-electron chi connectivity index (χ2n) is 7.00. The summed E-state index contributed by atoms with van der Waals surface area (Å²) in [6.07, 6.45) is 1.34. The number of benzene rings is 1. The number of carbonyl (C=O) groups is 1. The second kappa shape index (κ2) is 8.30. The standard InChI is InChI=1S/C17H24N4O6/c1-10(2)17(23)18-13-5-4-6-19(8-13)16-14(20(24)25)7-12(9-22)11(3)15(16)21(26)27/h7,10,13,22H,4-6,8-9H2,1-3H3,(H,18,23). The Bertz CT molecular complexity index is 764. The maximum Gasteiger partial charge on any atom is 0.302 e. The number of nitro benzene ring substituents is 2. The molecular weight excluding hydrogens is 356 g/mol. The fourth-order valence-corrected chi connectivity index (χ4v) is 3.30. The van der Waals surface area contributed by atoms with Gasteiger partial charge in [0.1, 0.15) is 0 Å². The molecule has 1 aromatic rings. The van der Waals surface area contributed by atoms with Crippen LogP contribution in [0.1, 0.15) is 37.8 Å². The molecule has 1 fully saturated rings. The Labute approximate surface area is 156 Å². The van der Waals surface area contributed by atoms with Crippen molar-refractivity contribution in [1.82, 2.24) is 5.32 Å². The van der Waals surface area contributed by atoms with Crippen LogP contribution in [0.2, 0.25) is 0 Å². The lowest BCUT2D eigenvalue weighted by Gasteiger charge is -2.34. The molecule has 1 unspecified atom stereocenters. The van der Waals surface area contributed by atoms with Gasteiger partial charge in [-0.05, 0) is 25.3 Å². The van der Waals surface area contributed by atoms with Gasteiger partial charge in [0.25, 0.3) is 5.69 Å². The SMILES string of the molecule is Cc1c(CO)cc([N+](=O)[O-])c(N2CCCC(NC(=O)C(C)C)C2)c1[N+](=O)[O-]. The first-order chi connectivity index (χ1) is 12.7. The molecule has 0 spiro atoms. The molecule has 1 amide bonds. The summed E-state index contributed by atoms with van der Waals surface area (Å²) in [5.74, 6) is -0.326. The summed E-state index contributed by atoms with van der Waals surface area (Å²) in [6, 6.07) is 0.944. The fraction of sp³-hybridized carbons (Fsp3) is 0.588. The van der Waals surface area contributed by atoms with Crippen molar-refractivity contribution in [3.05, 3.63) is 37.4 Å². The Hall–Kier alpha value is -2.75. The number of carbonyl (C=O) groups excluding carboxylic acids is 1. The third kappa shape index (κ3) is 4.33. The van der Waals surface area contributed by atoms with Gasteiger partial charge in [-0.15, -0.1) is 0 Å². The second-order valence-corrected chi connectivity index (χ2v) is 7.00. The van der Waals surface area contributed by atoms with Crippen LogP contribution in [0.5, 0.6) is 0 Å². The zero-order chi connectivity index (χ0) is 20.3. The van der Waals surface area contributed by atoms with Crippen molar-refractivity contribution >= 4 is 23.0 Å². The predicted octanol–water partition coefficient (Wildman–Crippen LogP) is 2.04. The molecule has 1 heterocycles. The average molecular weight is 380 g/mol. The Morgan fingerprint density at radius 3 is 2.56 bits per heavy atom. The van der Waals surface area contributed by atoms with Gasteiger partial charge in [0.2, 0.25) is 5.91 Å². The lowest BCUT2D eigenvalue weighted by Crippen LogP contribution is -2.49.